The van der Waals surface area contributed by atoms with E-state index in [2.05, 4.69) is 10.4 Å². The van der Waals surface area contributed by atoms with Gasteiger partial charge in [-0.1, -0.05) is 12.8 Å². The fraction of sp³-hybridized carbons (Fsp3) is 0.412. The van der Waals surface area contributed by atoms with Crippen molar-refractivity contribution in [2.45, 2.75) is 44.8 Å². The number of amides is 1. The van der Waals surface area contributed by atoms with Gasteiger partial charge < -0.3 is 10.4 Å². The highest BCUT2D eigenvalue weighted by Crippen LogP contribution is 2.20. The zero-order valence-electron chi connectivity index (χ0n) is 13.0. The summed E-state index contributed by atoms with van der Waals surface area (Å²) in [4.78, 5) is 12.4. The van der Waals surface area contributed by atoms with E-state index in [4.69, 9.17) is 0 Å². The Balaban J connectivity index is 1.78. The Morgan fingerprint density at radius 3 is 2.70 bits per heavy atom. The molecule has 23 heavy (non-hydrogen) atoms. The molecule has 1 aromatic heterocycles. The molecule has 0 saturated heterocycles. The van der Waals surface area contributed by atoms with Crippen molar-refractivity contribution in [3.05, 3.63) is 47.5 Å². The highest BCUT2D eigenvalue weighted by molar-refractivity contribution is 5.95. The fourth-order valence-corrected chi connectivity index (χ4v) is 3.00. The van der Waals surface area contributed by atoms with Crippen molar-refractivity contribution >= 4 is 5.91 Å². The van der Waals surface area contributed by atoms with Crippen molar-refractivity contribution in [1.82, 2.24) is 15.1 Å². The van der Waals surface area contributed by atoms with Gasteiger partial charge in [0.25, 0.3) is 5.91 Å². The van der Waals surface area contributed by atoms with Crippen LogP contribution in [0, 0.1) is 12.7 Å². The Morgan fingerprint density at radius 2 is 2.00 bits per heavy atom. The van der Waals surface area contributed by atoms with Crippen LogP contribution in [0.2, 0.25) is 0 Å². The van der Waals surface area contributed by atoms with E-state index in [1.807, 2.05) is 0 Å². The van der Waals surface area contributed by atoms with Gasteiger partial charge in [0.15, 0.2) is 0 Å². The molecule has 2 unspecified atom stereocenters. The predicted octanol–water partition coefficient (Wildman–Crippen LogP) is 2.35. The van der Waals surface area contributed by atoms with E-state index in [-0.39, 0.29) is 17.8 Å². The average molecular weight is 317 g/mol. The molecule has 1 saturated carbocycles. The maximum atomic E-state index is 13.0. The van der Waals surface area contributed by atoms with Gasteiger partial charge in [0.05, 0.1) is 35.3 Å². The normalized spacial score (nSPS) is 21.2. The summed E-state index contributed by atoms with van der Waals surface area (Å²) in [5.41, 5.74) is 1.84. The molecule has 6 heteroatoms. The second-order valence-corrected chi connectivity index (χ2v) is 5.96. The standard InChI is InChI=1S/C17H20FN3O2/c1-11-14(17(23)20-15-4-2-3-5-16(15)22)10-19-21(11)13-8-6-12(18)7-9-13/h6-10,15-16,22H,2-5H2,1H3,(H,20,23). The number of carbonyl (C=O) groups is 1. The van der Waals surface area contributed by atoms with E-state index >= 15 is 0 Å². The van der Waals surface area contributed by atoms with Crippen LogP contribution in [0.25, 0.3) is 5.69 Å². The monoisotopic (exact) mass is 317 g/mol. The number of hydrogen-bond donors (Lipinski definition) is 2. The lowest BCUT2D eigenvalue weighted by atomic mass is 9.92. The van der Waals surface area contributed by atoms with Crippen molar-refractivity contribution in [2.24, 2.45) is 0 Å². The Kier molecular flexibility index (Phi) is 4.43. The summed E-state index contributed by atoms with van der Waals surface area (Å²) in [7, 11) is 0. The lowest BCUT2D eigenvalue weighted by Gasteiger charge is -2.28. The van der Waals surface area contributed by atoms with E-state index in [9.17, 15) is 14.3 Å². The quantitative estimate of drug-likeness (QED) is 0.913. The van der Waals surface area contributed by atoms with Crippen LogP contribution in [0.15, 0.2) is 30.5 Å². The number of aliphatic hydroxyl groups is 1. The molecule has 5 nitrogen and oxygen atoms in total. The first-order chi connectivity index (χ1) is 11.1. The minimum atomic E-state index is -0.486. The zero-order valence-corrected chi connectivity index (χ0v) is 13.0. The molecule has 2 aromatic rings. The van der Waals surface area contributed by atoms with Crippen LogP contribution < -0.4 is 5.32 Å². The van der Waals surface area contributed by atoms with E-state index in [1.54, 1.807) is 23.7 Å². The van der Waals surface area contributed by atoms with Crippen LogP contribution in [0.5, 0.6) is 0 Å². The molecular formula is C17H20FN3O2. The van der Waals surface area contributed by atoms with Crippen molar-refractivity contribution < 1.29 is 14.3 Å². The number of aromatic nitrogens is 2. The number of nitrogens with zero attached hydrogens (tertiary/aromatic N) is 2. The van der Waals surface area contributed by atoms with Gasteiger partial charge in [0, 0.05) is 0 Å². The smallest absolute Gasteiger partial charge is 0.255 e. The van der Waals surface area contributed by atoms with Crippen molar-refractivity contribution in [3.63, 3.8) is 0 Å². The lowest BCUT2D eigenvalue weighted by Crippen LogP contribution is -2.45. The second kappa shape index (κ2) is 6.50. The number of hydrogen-bond acceptors (Lipinski definition) is 3. The summed E-state index contributed by atoms with van der Waals surface area (Å²) in [6.07, 6.45) is 4.53. The summed E-state index contributed by atoms with van der Waals surface area (Å²) in [6.45, 7) is 1.79. The van der Waals surface area contributed by atoms with Crippen LogP contribution in [-0.4, -0.2) is 32.9 Å². The van der Waals surface area contributed by atoms with E-state index in [1.165, 1.54) is 18.3 Å². The molecule has 2 atom stereocenters. The van der Waals surface area contributed by atoms with Crippen molar-refractivity contribution in [1.29, 1.82) is 0 Å². The van der Waals surface area contributed by atoms with Gasteiger partial charge in [-0.15, -0.1) is 0 Å². The molecule has 1 aromatic carbocycles. The summed E-state index contributed by atoms with van der Waals surface area (Å²) in [5.74, 6) is -0.551. The average Bonchev–Trinajstić information content (AvgIpc) is 2.92. The first-order valence-corrected chi connectivity index (χ1v) is 7.86. The molecular weight excluding hydrogens is 297 g/mol. The number of rotatable bonds is 3. The molecule has 3 rings (SSSR count). The van der Waals surface area contributed by atoms with Crippen LogP contribution >= 0.6 is 0 Å². The third-order valence-electron chi connectivity index (χ3n) is 4.37. The van der Waals surface area contributed by atoms with Crippen LogP contribution in [-0.2, 0) is 0 Å². The number of halogens is 1. The minimum Gasteiger partial charge on any atom is -0.391 e. The molecule has 122 valence electrons. The van der Waals surface area contributed by atoms with Gasteiger partial charge in [0.2, 0.25) is 0 Å². The van der Waals surface area contributed by atoms with Gasteiger partial charge in [-0.25, -0.2) is 9.07 Å². The molecule has 1 aliphatic rings. The number of benzene rings is 1. The Bertz CT molecular complexity index is 696. The number of carbonyl (C=O) groups excluding carboxylic acids is 1. The highest BCUT2D eigenvalue weighted by Gasteiger charge is 2.26. The fourth-order valence-electron chi connectivity index (χ4n) is 3.00. The third-order valence-corrected chi connectivity index (χ3v) is 4.37. The molecule has 0 bridgehead atoms. The first-order valence-electron chi connectivity index (χ1n) is 7.86. The molecule has 1 aliphatic carbocycles. The summed E-state index contributed by atoms with van der Waals surface area (Å²) >= 11 is 0. The number of nitrogens with one attached hydrogen (secondary N) is 1. The van der Waals surface area contributed by atoms with Gasteiger partial charge in [-0.2, -0.15) is 5.10 Å². The summed E-state index contributed by atoms with van der Waals surface area (Å²) in [6, 6.07) is 5.73. The van der Waals surface area contributed by atoms with Gasteiger partial charge >= 0.3 is 0 Å². The third kappa shape index (κ3) is 3.27. The van der Waals surface area contributed by atoms with Crippen LogP contribution in [0.3, 0.4) is 0 Å². The predicted molar refractivity (Wildman–Crippen MR) is 84.0 cm³/mol. The highest BCUT2D eigenvalue weighted by atomic mass is 19.1. The van der Waals surface area contributed by atoms with Gasteiger partial charge in [0.1, 0.15) is 5.82 Å². The molecule has 1 fully saturated rings. The van der Waals surface area contributed by atoms with Crippen molar-refractivity contribution in [2.75, 3.05) is 0 Å². The SMILES string of the molecule is Cc1c(C(=O)NC2CCCCC2O)cnn1-c1ccc(F)cc1. The molecule has 2 N–H and O–H groups in total. The molecule has 0 spiro atoms. The molecule has 0 radical (unpaired) electrons. The zero-order chi connectivity index (χ0) is 16.4. The lowest BCUT2D eigenvalue weighted by molar-refractivity contribution is 0.0717. The first kappa shape index (κ1) is 15.7. The van der Waals surface area contributed by atoms with E-state index < -0.39 is 6.10 Å². The Morgan fingerprint density at radius 1 is 1.30 bits per heavy atom. The molecule has 1 amide bonds. The molecule has 0 aliphatic heterocycles. The maximum absolute atomic E-state index is 13.0. The minimum absolute atomic E-state index is 0.204. The Hall–Kier alpha value is -2.21. The van der Waals surface area contributed by atoms with Gasteiger partial charge in [-0.3, -0.25) is 4.79 Å². The maximum Gasteiger partial charge on any atom is 0.255 e. The van der Waals surface area contributed by atoms with Crippen LogP contribution in [0.4, 0.5) is 4.39 Å². The second-order valence-electron chi connectivity index (χ2n) is 5.96. The largest absolute Gasteiger partial charge is 0.391 e. The van der Waals surface area contributed by atoms with E-state index in [0.29, 0.717) is 16.9 Å². The van der Waals surface area contributed by atoms with Gasteiger partial charge in [-0.05, 0) is 44.0 Å². The summed E-state index contributed by atoms with van der Waals surface area (Å²) < 4.78 is 14.6. The Labute approximate surface area is 134 Å². The number of aliphatic hydroxyl groups excluding tert-OH is 1. The van der Waals surface area contributed by atoms with Crippen LogP contribution in [0.1, 0.15) is 41.7 Å². The van der Waals surface area contributed by atoms with Crippen molar-refractivity contribution in [3.8, 4) is 5.69 Å². The van der Waals surface area contributed by atoms with E-state index in [0.717, 1.165) is 25.7 Å². The summed E-state index contributed by atoms with van der Waals surface area (Å²) in [5, 5.41) is 17.1. The topological polar surface area (TPSA) is 67.2 Å². The molecule has 1 heterocycles.